The molecule has 98 valence electrons. The molecule has 1 saturated heterocycles. The van der Waals surface area contributed by atoms with Crippen LogP contribution >= 0.6 is 11.3 Å². The molecule has 0 bridgehead atoms. The highest BCUT2D eigenvalue weighted by Gasteiger charge is 2.26. The molecule has 0 saturated carbocycles. The zero-order chi connectivity index (χ0) is 13.2. The minimum absolute atomic E-state index is 0.409. The molecular weight excluding hydrogens is 262 g/mol. The lowest BCUT2D eigenvalue weighted by molar-refractivity contribution is -0.130. The molecule has 19 heavy (non-hydrogen) atoms. The maximum Gasteiger partial charge on any atom is 0.296 e. The van der Waals surface area contributed by atoms with Crippen molar-refractivity contribution in [1.29, 1.82) is 0 Å². The Morgan fingerprint density at radius 2 is 1.89 bits per heavy atom. The van der Waals surface area contributed by atoms with Crippen LogP contribution in [-0.4, -0.2) is 42.9 Å². The van der Waals surface area contributed by atoms with Crippen molar-refractivity contribution in [1.82, 2.24) is 4.90 Å². The largest absolute Gasteiger partial charge is 0.378 e. The van der Waals surface area contributed by atoms with E-state index in [0.29, 0.717) is 31.2 Å². The average molecular weight is 275 g/mol. The number of ketones is 1. The quantitative estimate of drug-likeness (QED) is 0.621. The van der Waals surface area contributed by atoms with Gasteiger partial charge in [0.15, 0.2) is 0 Å². The minimum atomic E-state index is -0.420. The van der Waals surface area contributed by atoms with Gasteiger partial charge in [0.25, 0.3) is 11.7 Å². The number of hydrogen-bond acceptors (Lipinski definition) is 4. The lowest BCUT2D eigenvalue weighted by Crippen LogP contribution is -2.43. The van der Waals surface area contributed by atoms with Crippen LogP contribution in [0.15, 0.2) is 29.6 Å². The second-order valence-corrected chi connectivity index (χ2v) is 5.27. The predicted molar refractivity (Wildman–Crippen MR) is 73.6 cm³/mol. The first-order chi connectivity index (χ1) is 9.27. The van der Waals surface area contributed by atoms with Crippen LogP contribution in [0.5, 0.6) is 0 Å². The van der Waals surface area contributed by atoms with E-state index in [9.17, 15) is 9.59 Å². The van der Waals surface area contributed by atoms with Crippen molar-refractivity contribution < 1.29 is 14.3 Å². The van der Waals surface area contributed by atoms with Gasteiger partial charge in [-0.3, -0.25) is 9.59 Å². The van der Waals surface area contributed by atoms with Crippen LogP contribution in [0.2, 0.25) is 0 Å². The highest BCUT2D eigenvalue weighted by molar-refractivity contribution is 7.14. The number of morpholine rings is 1. The van der Waals surface area contributed by atoms with Crippen molar-refractivity contribution >= 4 is 33.8 Å². The second kappa shape index (κ2) is 5.11. The first kappa shape index (κ1) is 12.3. The molecule has 1 amide bonds. The van der Waals surface area contributed by atoms with E-state index in [1.807, 2.05) is 29.6 Å². The molecule has 0 N–H and O–H groups in total. The number of Topliss-reactive ketones (excluding diaryl/α,β-unsaturated/α-hetero) is 1. The van der Waals surface area contributed by atoms with Gasteiger partial charge in [-0.25, -0.2) is 0 Å². The van der Waals surface area contributed by atoms with Gasteiger partial charge in [0.1, 0.15) is 0 Å². The fourth-order valence-corrected chi connectivity index (χ4v) is 3.13. The van der Waals surface area contributed by atoms with Crippen LogP contribution in [0.25, 0.3) is 10.8 Å². The highest BCUT2D eigenvalue weighted by atomic mass is 32.1. The van der Waals surface area contributed by atoms with Crippen LogP contribution in [-0.2, 0) is 9.53 Å². The zero-order valence-corrected chi connectivity index (χ0v) is 11.1. The van der Waals surface area contributed by atoms with E-state index in [-0.39, 0.29) is 0 Å². The third-order valence-electron chi connectivity index (χ3n) is 3.21. The van der Waals surface area contributed by atoms with E-state index in [4.69, 9.17) is 4.74 Å². The number of hydrogen-bond donors (Lipinski definition) is 0. The fraction of sp³-hybridized carbons (Fsp3) is 0.286. The lowest BCUT2D eigenvalue weighted by atomic mass is 10.1. The number of nitrogens with zero attached hydrogens (tertiary/aromatic N) is 1. The average Bonchev–Trinajstić information content (AvgIpc) is 2.90. The first-order valence-corrected chi connectivity index (χ1v) is 7.03. The van der Waals surface area contributed by atoms with Crippen molar-refractivity contribution in [2.75, 3.05) is 26.3 Å². The maximum atomic E-state index is 12.3. The SMILES string of the molecule is O=C(C(=O)N1CCOCC1)c1scc2ccccc12. The molecule has 4 nitrogen and oxygen atoms in total. The number of thiophene rings is 1. The Morgan fingerprint density at radius 3 is 2.68 bits per heavy atom. The first-order valence-electron chi connectivity index (χ1n) is 6.15. The molecule has 0 aliphatic carbocycles. The number of rotatable bonds is 2. The summed E-state index contributed by atoms with van der Waals surface area (Å²) in [6.45, 7) is 2.00. The molecule has 0 atom stereocenters. The summed E-state index contributed by atoms with van der Waals surface area (Å²) in [5, 5.41) is 3.78. The summed E-state index contributed by atoms with van der Waals surface area (Å²) in [6.07, 6.45) is 0. The summed E-state index contributed by atoms with van der Waals surface area (Å²) in [5.41, 5.74) is 0. The van der Waals surface area contributed by atoms with Crippen molar-refractivity contribution in [3.63, 3.8) is 0 Å². The summed E-state index contributed by atoms with van der Waals surface area (Å²) < 4.78 is 5.19. The molecule has 1 aromatic heterocycles. The molecule has 2 aromatic rings. The summed E-state index contributed by atoms with van der Waals surface area (Å²) in [4.78, 5) is 26.6. The Bertz CT molecular complexity index is 628. The molecule has 1 aromatic carbocycles. The number of ether oxygens (including phenoxy) is 1. The fourth-order valence-electron chi connectivity index (χ4n) is 2.18. The van der Waals surface area contributed by atoms with Crippen LogP contribution in [0.1, 0.15) is 9.67 Å². The van der Waals surface area contributed by atoms with Crippen molar-refractivity contribution in [3.8, 4) is 0 Å². The van der Waals surface area contributed by atoms with Gasteiger partial charge in [0.05, 0.1) is 18.1 Å². The number of carbonyl (C=O) groups is 2. The summed E-state index contributed by atoms with van der Waals surface area (Å²) in [7, 11) is 0. The Balaban J connectivity index is 1.89. The van der Waals surface area contributed by atoms with Gasteiger partial charge < -0.3 is 9.64 Å². The van der Waals surface area contributed by atoms with E-state index in [1.165, 1.54) is 11.3 Å². The molecule has 1 fully saturated rings. The summed E-state index contributed by atoms with van der Waals surface area (Å²) >= 11 is 1.33. The minimum Gasteiger partial charge on any atom is -0.378 e. The van der Waals surface area contributed by atoms with Crippen LogP contribution in [0.4, 0.5) is 0 Å². The monoisotopic (exact) mass is 275 g/mol. The van der Waals surface area contributed by atoms with Gasteiger partial charge in [0, 0.05) is 18.5 Å². The third-order valence-corrected chi connectivity index (χ3v) is 4.22. The van der Waals surface area contributed by atoms with Crippen LogP contribution in [0, 0.1) is 0 Å². The molecule has 3 rings (SSSR count). The van der Waals surface area contributed by atoms with Crippen molar-refractivity contribution in [3.05, 3.63) is 34.5 Å². The highest BCUT2D eigenvalue weighted by Crippen LogP contribution is 2.26. The normalized spacial score (nSPS) is 15.7. The second-order valence-electron chi connectivity index (χ2n) is 4.39. The Kier molecular flexibility index (Phi) is 3.31. The van der Waals surface area contributed by atoms with E-state index in [0.717, 1.165) is 10.8 Å². The zero-order valence-electron chi connectivity index (χ0n) is 10.3. The number of carbonyl (C=O) groups excluding carboxylic acids is 2. The van der Waals surface area contributed by atoms with Gasteiger partial charge in [-0.2, -0.15) is 0 Å². The third kappa shape index (κ3) is 2.27. The number of amides is 1. The van der Waals surface area contributed by atoms with Gasteiger partial charge in [-0.1, -0.05) is 24.3 Å². The van der Waals surface area contributed by atoms with E-state index in [1.54, 1.807) is 4.90 Å². The number of fused-ring (bicyclic) bond motifs is 1. The van der Waals surface area contributed by atoms with Crippen LogP contribution < -0.4 is 0 Å². The van der Waals surface area contributed by atoms with Gasteiger partial charge in [0.2, 0.25) is 0 Å². The number of benzene rings is 1. The molecule has 0 unspecified atom stereocenters. The molecule has 0 radical (unpaired) electrons. The van der Waals surface area contributed by atoms with Gasteiger partial charge in [-0.05, 0) is 10.8 Å². The summed E-state index contributed by atoms with van der Waals surface area (Å²) in [6, 6.07) is 7.63. The maximum absolute atomic E-state index is 12.3. The predicted octanol–water partition coefficient (Wildman–Crippen LogP) is 1.94. The molecule has 2 heterocycles. The van der Waals surface area contributed by atoms with E-state index >= 15 is 0 Å². The molecule has 1 aliphatic heterocycles. The Hall–Kier alpha value is -1.72. The lowest BCUT2D eigenvalue weighted by Gasteiger charge is -2.25. The Labute approximate surface area is 114 Å². The van der Waals surface area contributed by atoms with Gasteiger partial charge >= 0.3 is 0 Å². The molecule has 0 spiro atoms. The molecule has 1 aliphatic rings. The molecular formula is C14H13NO3S. The topological polar surface area (TPSA) is 46.6 Å². The summed E-state index contributed by atoms with van der Waals surface area (Å²) in [5.74, 6) is -0.830. The van der Waals surface area contributed by atoms with Crippen molar-refractivity contribution in [2.24, 2.45) is 0 Å². The van der Waals surface area contributed by atoms with Crippen molar-refractivity contribution in [2.45, 2.75) is 0 Å². The Morgan fingerprint density at radius 1 is 1.16 bits per heavy atom. The molecule has 5 heteroatoms. The van der Waals surface area contributed by atoms with Gasteiger partial charge in [-0.15, -0.1) is 11.3 Å². The van der Waals surface area contributed by atoms with E-state index < -0.39 is 11.7 Å². The smallest absolute Gasteiger partial charge is 0.296 e. The van der Waals surface area contributed by atoms with Crippen LogP contribution in [0.3, 0.4) is 0 Å². The van der Waals surface area contributed by atoms with E-state index in [2.05, 4.69) is 0 Å². The standard InChI is InChI=1S/C14H13NO3S/c16-12(14(17)15-5-7-18-8-6-15)13-11-4-2-1-3-10(11)9-19-13/h1-4,9H,5-8H2.